The molecule has 0 spiro atoms. The minimum absolute atomic E-state index is 0.191. The molecule has 3 aromatic rings. The summed E-state index contributed by atoms with van der Waals surface area (Å²) < 4.78 is 6.29. The number of amides is 2. The Kier molecular flexibility index (Phi) is 7.70. The predicted molar refractivity (Wildman–Crippen MR) is 138 cm³/mol. The van der Waals surface area contributed by atoms with Crippen LogP contribution in [0, 0.1) is 0 Å². The normalized spacial score (nSPS) is 12.3. The number of benzene rings is 3. The van der Waals surface area contributed by atoms with Crippen molar-refractivity contribution < 1.29 is 14.3 Å². The number of ether oxygens (including phenoxy) is 1. The Balaban J connectivity index is 1.36. The SMILES string of the molecule is CCOc1ccc(NC(=O)c2ccccc2NC(=O)CSC2=Nc3ccccc3CS2)cc1. The molecular formula is C25H23N3O3S2. The first-order valence-corrected chi connectivity index (χ1v) is 12.4. The maximum Gasteiger partial charge on any atom is 0.257 e. The van der Waals surface area contributed by atoms with Crippen molar-refractivity contribution in [3.05, 3.63) is 83.9 Å². The fraction of sp³-hybridized carbons (Fsp3) is 0.160. The largest absolute Gasteiger partial charge is 0.494 e. The number of carbonyl (C=O) groups is 2. The molecule has 2 amide bonds. The van der Waals surface area contributed by atoms with E-state index < -0.39 is 0 Å². The average molecular weight is 478 g/mol. The number of hydrogen-bond acceptors (Lipinski definition) is 6. The van der Waals surface area contributed by atoms with E-state index in [9.17, 15) is 9.59 Å². The molecule has 0 unspecified atom stereocenters. The van der Waals surface area contributed by atoms with Crippen molar-refractivity contribution >= 4 is 56.8 Å². The van der Waals surface area contributed by atoms with Gasteiger partial charge in [-0.3, -0.25) is 9.59 Å². The zero-order valence-corrected chi connectivity index (χ0v) is 19.7. The van der Waals surface area contributed by atoms with Gasteiger partial charge in [-0.2, -0.15) is 0 Å². The van der Waals surface area contributed by atoms with Gasteiger partial charge in [-0.15, -0.1) is 0 Å². The van der Waals surface area contributed by atoms with Crippen molar-refractivity contribution in [2.75, 3.05) is 23.0 Å². The van der Waals surface area contributed by atoms with Crippen LogP contribution in [0.3, 0.4) is 0 Å². The summed E-state index contributed by atoms with van der Waals surface area (Å²) in [5.74, 6) is 1.31. The molecule has 1 aliphatic rings. The second-order valence-corrected chi connectivity index (χ2v) is 9.28. The number of aliphatic imine (C=N–C) groups is 1. The molecule has 0 bridgehead atoms. The van der Waals surface area contributed by atoms with Gasteiger partial charge in [-0.05, 0) is 55.0 Å². The van der Waals surface area contributed by atoms with Crippen molar-refractivity contribution in [1.29, 1.82) is 0 Å². The summed E-state index contributed by atoms with van der Waals surface area (Å²) in [6.45, 7) is 2.50. The third kappa shape index (κ3) is 6.18. The first-order valence-electron chi connectivity index (χ1n) is 10.5. The lowest BCUT2D eigenvalue weighted by Crippen LogP contribution is -2.19. The first kappa shape index (κ1) is 22.9. The van der Waals surface area contributed by atoms with Gasteiger partial charge in [0.15, 0.2) is 0 Å². The van der Waals surface area contributed by atoms with Gasteiger partial charge in [-0.1, -0.05) is 53.9 Å². The van der Waals surface area contributed by atoms with E-state index in [2.05, 4.69) is 21.7 Å². The Morgan fingerprint density at radius 1 is 1.00 bits per heavy atom. The van der Waals surface area contributed by atoms with Crippen LogP contribution in [-0.4, -0.2) is 28.5 Å². The van der Waals surface area contributed by atoms with Crippen LogP contribution < -0.4 is 15.4 Å². The number of hydrogen-bond donors (Lipinski definition) is 2. The lowest BCUT2D eigenvalue weighted by molar-refractivity contribution is -0.113. The van der Waals surface area contributed by atoms with Gasteiger partial charge >= 0.3 is 0 Å². The van der Waals surface area contributed by atoms with E-state index in [1.165, 1.54) is 17.3 Å². The molecule has 168 valence electrons. The third-order valence-electron chi connectivity index (χ3n) is 4.75. The molecule has 6 nitrogen and oxygen atoms in total. The fourth-order valence-corrected chi connectivity index (χ4v) is 5.05. The summed E-state index contributed by atoms with van der Waals surface area (Å²) in [7, 11) is 0. The highest BCUT2D eigenvalue weighted by atomic mass is 32.2. The summed E-state index contributed by atoms with van der Waals surface area (Å²) in [5, 5.41) is 5.72. The van der Waals surface area contributed by atoms with Crippen molar-refractivity contribution in [2.45, 2.75) is 12.7 Å². The van der Waals surface area contributed by atoms with Gasteiger partial charge in [0.25, 0.3) is 5.91 Å². The summed E-state index contributed by atoms with van der Waals surface area (Å²) in [6, 6.07) is 22.1. The van der Waals surface area contributed by atoms with Gasteiger partial charge in [0.05, 0.1) is 29.3 Å². The number of thioether (sulfide) groups is 2. The van der Waals surface area contributed by atoms with E-state index >= 15 is 0 Å². The molecule has 2 N–H and O–H groups in total. The number of fused-ring (bicyclic) bond motifs is 1. The van der Waals surface area contributed by atoms with E-state index in [1.807, 2.05) is 25.1 Å². The van der Waals surface area contributed by atoms with Crippen LogP contribution in [0.25, 0.3) is 0 Å². The molecule has 0 atom stereocenters. The summed E-state index contributed by atoms with van der Waals surface area (Å²) in [6.07, 6.45) is 0. The molecule has 1 heterocycles. The molecule has 3 aromatic carbocycles. The third-order valence-corrected chi connectivity index (χ3v) is 7.00. The number of nitrogens with zero attached hydrogens (tertiary/aromatic N) is 1. The second kappa shape index (κ2) is 11.1. The van der Waals surface area contributed by atoms with Gasteiger partial charge in [0, 0.05) is 11.4 Å². The number of carbonyl (C=O) groups excluding carboxylic acids is 2. The van der Waals surface area contributed by atoms with Crippen LogP contribution in [0.1, 0.15) is 22.8 Å². The van der Waals surface area contributed by atoms with E-state index in [0.29, 0.717) is 23.5 Å². The van der Waals surface area contributed by atoms with Crippen LogP contribution in [0.4, 0.5) is 17.1 Å². The maximum atomic E-state index is 12.8. The lowest BCUT2D eigenvalue weighted by Gasteiger charge is -2.14. The zero-order valence-electron chi connectivity index (χ0n) is 18.0. The van der Waals surface area contributed by atoms with Crippen LogP contribution in [0.5, 0.6) is 5.75 Å². The van der Waals surface area contributed by atoms with Gasteiger partial charge < -0.3 is 15.4 Å². The monoisotopic (exact) mass is 477 g/mol. The van der Waals surface area contributed by atoms with Crippen LogP contribution in [0.2, 0.25) is 0 Å². The highest BCUT2D eigenvalue weighted by molar-refractivity contribution is 8.38. The zero-order chi connectivity index (χ0) is 23.0. The van der Waals surface area contributed by atoms with Crippen LogP contribution in [0.15, 0.2) is 77.8 Å². The topological polar surface area (TPSA) is 79.8 Å². The number of nitrogens with one attached hydrogen (secondary N) is 2. The van der Waals surface area contributed by atoms with E-state index in [1.54, 1.807) is 60.3 Å². The fourth-order valence-electron chi connectivity index (χ4n) is 3.19. The smallest absolute Gasteiger partial charge is 0.257 e. The Morgan fingerprint density at radius 2 is 1.76 bits per heavy atom. The highest BCUT2D eigenvalue weighted by Gasteiger charge is 2.16. The van der Waals surface area contributed by atoms with Crippen LogP contribution >= 0.6 is 23.5 Å². The van der Waals surface area contributed by atoms with Gasteiger partial charge in [-0.25, -0.2) is 4.99 Å². The summed E-state index contributed by atoms with van der Waals surface area (Å²) >= 11 is 3.03. The molecule has 0 aromatic heterocycles. The molecule has 33 heavy (non-hydrogen) atoms. The minimum atomic E-state index is -0.300. The van der Waals surface area contributed by atoms with Crippen LogP contribution in [-0.2, 0) is 10.5 Å². The van der Waals surface area contributed by atoms with E-state index in [-0.39, 0.29) is 17.6 Å². The van der Waals surface area contributed by atoms with Crippen molar-refractivity contribution in [1.82, 2.24) is 0 Å². The van der Waals surface area contributed by atoms with Crippen molar-refractivity contribution in [3.8, 4) is 5.75 Å². The maximum absolute atomic E-state index is 12.8. The summed E-state index contributed by atoms with van der Waals surface area (Å²) in [4.78, 5) is 30.0. The lowest BCUT2D eigenvalue weighted by atomic mass is 10.1. The van der Waals surface area contributed by atoms with Gasteiger partial charge in [0.1, 0.15) is 10.1 Å². The minimum Gasteiger partial charge on any atom is -0.494 e. The summed E-state index contributed by atoms with van der Waals surface area (Å²) in [5.41, 5.74) is 3.66. The van der Waals surface area contributed by atoms with Crippen molar-refractivity contribution in [2.24, 2.45) is 4.99 Å². The first-order chi connectivity index (χ1) is 16.1. The molecule has 0 saturated heterocycles. The number of para-hydroxylation sites is 2. The Bertz CT molecular complexity index is 1180. The Morgan fingerprint density at radius 3 is 2.58 bits per heavy atom. The molecule has 4 rings (SSSR count). The number of rotatable bonds is 7. The van der Waals surface area contributed by atoms with Gasteiger partial charge in [0.2, 0.25) is 5.91 Å². The number of anilines is 2. The Hall–Kier alpha value is -3.23. The Labute approximate surface area is 201 Å². The molecule has 8 heteroatoms. The molecular weight excluding hydrogens is 454 g/mol. The molecule has 0 saturated carbocycles. The molecule has 1 aliphatic heterocycles. The average Bonchev–Trinajstić information content (AvgIpc) is 2.84. The molecule has 0 aliphatic carbocycles. The standard InChI is InChI=1S/C25H23N3O3S2/c1-2-31-19-13-11-18(12-14-19)26-24(30)20-8-4-6-10-22(20)27-23(29)16-33-25-28-21-9-5-3-7-17(21)15-32-25/h3-14H,2,15-16H2,1H3,(H,26,30)(H,27,29). The molecule has 0 fully saturated rings. The van der Waals surface area contributed by atoms with E-state index in [4.69, 9.17) is 4.74 Å². The second-order valence-electron chi connectivity index (χ2n) is 7.09. The quantitative estimate of drug-likeness (QED) is 0.440. The highest BCUT2D eigenvalue weighted by Crippen LogP contribution is 2.34. The van der Waals surface area contributed by atoms with Crippen molar-refractivity contribution in [3.63, 3.8) is 0 Å². The predicted octanol–water partition coefficient (Wildman–Crippen LogP) is 5.94. The van der Waals surface area contributed by atoms with E-state index in [0.717, 1.165) is 21.6 Å². The molecule has 0 radical (unpaired) electrons.